The van der Waals surface area contributed by atoms with Crippen molar-refractivity contribution in [1.29, 1.82) is 0 Å². The second kappa shape index (κ2) is 5.88. The van der Waals surface area contributed by atoms with E-state index in [9.17, 15) is 8.42 Å². The summed E-state index contributed by atoms with van der Waals surface area (Å²) in [6, 6.07) is 2.08. The first kappa shape index (κ1) is 14.7. The predicted molar refractivity (Wildman–Crippen MR) is 81.9 cm³/mol. The van der Waals surface area contributed by atoms with Crippen molar-refractivity contribution in [3.05, 3.63) is 18.1 Å². The number of rotatable bonds is 3. The van der Waals surface area contributed by atoms with Crippen LogP contribution in [0.4, 0.5) is 5.82 Å². The molecule has 0 amide bonds. The van der Waals surface area contributed by atoms with E-state index in [4.69, 9.17) is 0 Å². The van der Waals surface area contributed by atoms with Gasteiger partial charge in [0.25, 0.3) is 0 Å². The van der Waals surface area contributed by atoms with E-state index in [-0.39, 0.29) is 0 Å². The van der Waals surface area contributed by atoms with Gasteiger partial charge in [-0.15, -0.1) is 0 Å². The molecule has 0 radical (unpaired) electrons. The van der Waals surface area contributed by atoms with Gasteiger partial charge in [0.05, 0.1) is 6.26 Å². The van der Waals surface area contributed by atoms with Crippen LogP contribution in [0.25, 0.3) is 0 Å². The standard InChI is InChI=1S/C14H22N4O2S/c1-21(19,20)18-7-3-6-17(8-9-18)14-10-13(15-11-16-14)12-4-2-5-12/h10-12H,2-9H2,1H3. The van der Waals surface area contributed by atoms with Gasteiger partial charge in [-0.25, -0.2) is 22.7 Å². The minimum atomic E-state index is -3.10. The topological polar surface area (TPSA) is 66.4 Å². The van der Waals surface area contributed by atoms with Crippen LogP contribution in [-0.4, -0.2) is 55.1 Å². The molecule has 2 heterocycles. The van der Waals surface area contributed by atoms with Gasteiger partial charge >= 0.3 is 0 Å². The molecule has 6 nitrogen and oxygen atoms in total. The molecule has 0 N–H and O–H groups in total. The summed E-state index contributed by atoms with van der Waals surface area (Å²) in [4.78, 5) is 10.9. The summed E-state index contributed by atoms with van der Waals surface area (Å²) in [6.45, 7) is 2.65. The average molecular weight is 310 g/mol. The smallest absolute Gasteiger partial charge is 0.211 e. The van der Waals surface area contributed by atoms with Gasteiger partial charge in [-0.1, -0.05) is 6.42 Å². The third-order valence-electron chi connectivity index (χ3n) is 4.45. The molecule has 2 fully saturated rings. The Hall–Kier alpha value is -1.21. The van der Waals surface area contributed by atoms with Gasteiger partial charge in [0.1, 0.15) is 12.1 Å². The van der Waals surface area contributed by atoms with Gasteiger partial charge in [0, 0.05) is 43.9 Å². The number of anilines is 1. The molecule has 3 rings (SSSR count). The summed E-state index contributed by atoms with van der Waals surface area (Å²) in [5.74, 6) is 1.52. The van der Waals surface area contributed by atoms with Crippen molar-refractivity contribution in [3.63, 3.8) is 0 Å². The number of nitrogens with zero attached hydrogens (tertiary/aromatic N) is 4. The first-order valence-corrected chi connectivity index (χ1v) is 9.41. The average Bonchev–Trinajstić information content (AvgIpc) is 2.62. The summed E-state index contributed by atoms with van der Waals surface area (Å²) < 4.78 is 24.9. The van der Waals surface area contributed by atoms with Gasteiger partial charge in [0.2, 0.25) is 10.0 Å². The Labute approximate surface area is 126 Å². The number of hydrogen-bond donors (Lipinski definition) is 0. The molecule has 2 aliphatic rings. The number of hydrogen-bond acceptors (Lipinski definition) is 5. The maximum atomic E-state index is 11.7. The van der Waals surface area contributed by atoms with E-state index < -0.39 is 10.0 Å². The van der Waals surface area contributed by atoms with Crippen molar-refractivity contribution >= 4 is 15.8 Å². The fourth-order valence-corrected chi connectivity index (χ4v) is 3.79. The van der Waals surface area contributed by atoms with Crippen molar-refractivity contribution in [1.82, 2.24) is 14.3 Å². The van der Waals surface area contributed by atoms with E-state index in [2.05, 4.69) is 20.9 Å². The molecule has 21 heavy (non-hydrogen) atoms. The summed E-state index contributed by atoms with van der Waals surface area (Å²) in [7, 11) is -3.10. The molecular weight excluding hydrogens is 288 g/mol. The Bertz CT molecular complexity index is 601. The first-order valence-electron chi connectivity index (χ1n) is 7.56. The Balaban J connectivity index is 1.72. The zero-order valence-corrected chi connectivity index (χ0v) is 13.2. The van der Waals surface area contributed by atoms with E-state index in [1.54, 1.807) is 10.6 Å². The molecule has 0 aromatic carbocycles. The third-order valence-corrected chi connectivity index (χ3v) is 5.75. The molecule has 1 aliphatic heterocycles. The summed E-state index contributed by atoms with van der Waals surface area (Å²) in [6.07, 6.45) is 7.48. The van der Waals surface area contributed by atoms with Crippen LogP contribution in [0.5, 0.6) is 0 Å². The lowest BCUT2D eigenvalue weighted by Gasteiger charge is -2.27. The van der Waals surface area contributed by atoms with Crippen LogP contribution in [-0.2, 0) is 10.0 Å². The zero-order chi connectivity index (χ0) is 14.9. The van der Waals surface area contributed by atoms with Crippen molar-refractivity contribution in [2.75, 3.05) is 37.3 Å². The number of sulfonamides is 1. The highest BCUT2D eigenvalue weighted by molar-refractivity contribution is 7.88. The maximum Gasteiger partial charge on any atom is 0.211 e. The lowest BCUT2D eigenvalue weighted by atomic mass is 9.83. The van der Waals surface area contributed by atoms with Crippen LogP contribution >= 0.6 is 0 Å². The summed E-state index contributed by atoms with van der Waals surface area (Å²) in [5.41, 5.74) is 1.13. The molecule has 1 aromatic rings. The maximum absolute atomic E-state index is 11.7. The lowest BCUT2D eigenvalue weighted by molar-refractivity contribution is 0.410. The fraction of sp³-hybridized carbons (Fsp3) is 0.714. The molecule has 0 atom stereocenters. The van der Waals surface area contributed by atoms with Crippen LogP contribution in [0.1, 0.15) is 37.3 Å². The van der Waals surface area contributed by atoms with Crippen LogP contribution in [0.15, 0.2) is 12.4 Å². The molecule has 0 unspecified atom stereocenters. The van der Waals surface area contributed by atoms with Crippen LogP contribution in [0.2, 0.25) is 0 Å². The van der Waals surface area contributed by atoms with Gasteiger partial charge in [-0.05, 0) is 19.3 Å². The Morgan fingerprint density at radius 3 is 2.57 bits per heavy atom. The molecule has 1 saturated heterocycles. The molecule has 0 spiro atoms. The lowest BCUT2D eigenvalue weighted by Crippen LogP contribution is -2.34. The van der Waals surface area contributed by atoms with Gasteiger partial charge in [0.15, 0.2) is 0 Å². The minimum Gasteiger partial charge on any atom is -0.355 e. The first-order chi connectivity index (χ1) is 10.0. The Morgan fingerprint density at radius 2 is 1.90 bits per heavy atom. The normalized spacial score (nSPS) is 21.9. The summed E-state index contributed by atoms with van der Waals surface area (Å²) in [5, 5.41) is 0. The Morgan fingerprint density at radius 1 is 1.10 bits per heavy atom. The summed E-state index contributed by atoms with van der Waals surface area (Å²) >= 11 is 0. The highest BCUT2D eigenvalue weighted by atomic mass is 32.2. The Kier molecular flexibility index (Phi) is 4.12. The molecule has 0 bridgehead atoms. The van der Waals surface area contributed by atoms with E-state index in [0.717, 1.165) is 24.5 Å². The number of aromatic nitrogens is 2. The van der Waals surface area contributed by atoms with E-state index >= 15 is 0 Å². The molecule has 1 aromatic heterocycles. The van der Waals surface area contributed by atoms with Gasteiger partial charge in [-0.3, -0.25) is 0 Å². The third kappa shape index (κ3) is 3.35. The molecule has 1 aliphatic carbocycles. The highest BCUT2D eigenvalue weighted by Gasteiger charge is 2.24. The minimum absolute atomic E-state index is 0.529. The van der Waals surface area contributed by atoms with E-state index in [1.807, 2.05) is 0 Å². The monoisotopic (exact) mass is 310 g/mol. The van der Waals surface area contributed by atoms with E-state index in [0.29, 0.717) is 25.6 Å². The van der Waals surface area contributed by atoms with Crippen molar-refractivity contribution in [3.8, 4) is 0 Å². The van der Waals surface area contributed by atoms with Crippen LogP contribution < -0.4 is 4.90 Å². The molecule has 116 valence electrons. The van der Waals surface area contributed by atoms with Crippen molar-refractivity contribution < 1.29 is 8.42 Å². The van der Waals surface area contributed by atoms with Crippen molar-refractivity contribution in [2.24, 2.45) is 0 Å². The highest BCUT2D eigenvalue weighted by Crippen LogP contribution is 2.35. The second-order valence-corrected chi connectivity index (χ2v) is 7.91. The molecule has 1 saturated carbocycles. The quantitative estimate of drug-likeness (QED) is 0.840. The van der Waals surface area contributed by atoms with E-state index in [1.165, 1.54) is 25.5 Å². The largest absolute Gasteiger partial charge is 0.355 e. The van der Waals surface area contributed by atoms with Crippen LogP contribution in [0.3, 0.4) is 0 Å². The van der Waals surface area contributed by atoms with Crippen LogP contribution in [0, 0.1) is 0 Å². The second-order valence-electron chi connectivity index (χ2n) is 5.93. The van der Waals surface area contributed by atoms with Gasteiger partial charge < -0.3 is 4.90 Å². The fourth-order valence-electron chi connectivity index (χ4n) is 2.92. The van der Waals surface area contributed by atoms with Gasteiger partial charge in [-0.2, -0.15) is 0 Å². The molecular formula is C14H22N4O2S. The SMILES string of the molecule is CS(=O)(=O)N1CCCN(c2cc(C3CCC3)ncn2)CC1. The van der Waals surface area contributed by atoms with Crippen molar-refractivity contribution in [2.45, 2.75) is 31.6 Å². The molecule has 7 heteroatoms. The predicted octanol–water partition coefficient (Wildman–Crippen LogP) is 1.22. The zero-order valence-electron chi connectivity index (χ0n) is 12.4.